The smallest absolute Gasteiger partial charge is 0.323 e. The van der Waals surface area contributed by atoms with Gasteiger partial charge in [0.1, 0.15) is 6.54 Å². The fourth-order valence-electron chi connectivity index (χ4n) is 1.91. The van der Waals surface area contributed by atoms with Gasteiger partial charge in [-0.05, 0) is 37.3 Å². The zero-order valence-corrected chi connectivity index (χ0v) is 12.2. The van der Waals surface area contributed by atoms with Crippen molar-refractivity contribution in [2.75, 3.05) is 11.4 Å². The lowest BCUT2D eigenvalue weighted by atomic mass is 10.1. The molecule has 1 N–H and O–H groups in total. The van der Waals surface area contributed by atoms with E-state index in [9.17, 15) is 9.59 Å². The van der Waals surface area contributed by atoms with Gasteiger partial charge in [-0.25, -0.2) is 0 Å². The van der Waals surface area contributed by atoms with Gasteiger partial charge in [0.2, 0.25) is 0 Å². The molecular weight excluding hydrogens is 290 g/mol. The molecule has 0 bridgehead atoms. The van der Waals surface area contributed by atoms with Gasteiger partial charge in [0, 0.05) is 16.3 Å². The molecule has 0 aromatic heterocycles. The van der Waals surface area contributed by atoms with Crippen molar-refractivity contribution in [3.63, 3.8) is 0 Å². The summed E-state index contributed by atoms with van der Waals surface area (Å²) in [6.45, 7) is 1.49. The Morgan fingerprint density at radius 3 is 2.38 bits per heavy atom. The van der Waals surface area contributed by atoms with E-state index in [2.05, 4.69) is 0 Å². The van der Waals surface area contributed by atoms with Crippen molar-refractivity contribution >= 4 is 29.2 Å². The fraction of sp³-hybridized carbons (Fsp3) is 0.125. The zero-order valence-electron chi connectivity index (χ0n) is 11.4. The molecule has 0 atom stereocenters. The van der Waals surface area contributed by atoms with Gasteiger partial charge in [-0.1, -0.05) is 35.4 Å². The van der Waals surface area contributed by atoms with Crippen LogP contribution in [0.5, 0.6) is 0 Å². The van der Waals surface area contributed by atoms with E-state index in [4.69, 9.17) is 16.7 Å². The number of anilines is 1. The Bertz CT molecular complexity index is 667. The normalized spacial score (nSPS) is 10.2. The molecule has 21 heavy (non-hydrogen) atoms. The first-order valence-electron chi connectivity index (χ1n) is 6.33. The third-order valence-corrected chi connectivity index (χ3v) is 3.19. The maximum atomic E-state index is 12.5. The van der Waals surface area contributed by atoms with E-state index in [0.717, 1.165) is 5.56 Å². The van der Waals surface area contributed by atoms with Crippen LogP contribution >= 0.6 is 11.6 Å². The van der Waals surface area contributed by atoms with Crippen molar-refractivity contribution in [3.8, 4) is 0 Å². The average molecular weight is 304 g/mol. The number of rotatable bonds is 4. The lowest BCUT2D eigenvalue weighted by Gasteiger charge is -2.21. The maximum absolute atomic E-state index is 12.5. The summed E-state index contributed by atoms with van der Waals surface area (Å²) in [6, 6.07) is 13.5. The predicted molar refractivity (Wildman–Crippen MR) is 81.9 cm³/mol. The highest BCUT2D eigenvalue weighted by atomic mass is 35.5. The molecule has 2 aromatic rings. The summed E-state index contributed by atoms with van der Waals surface area (Å²) in [5, 5.41) is 9.47. The summed E-state index contributed by atoms with van der Waals surface area (Å²) >= 11 is 5.91. The SMILES string of the molecule is Cc1ccc(C(=O)N(CC(=O)O)c2cccc(Cl)c2)cc1. The Morgan fingerprint density at radius 2 is 1.81 bits per heavy atom. The molecule has 0 aliphatic carbocycles. The Hall–Kier alpha value is -2.33. The predicted octanol–water partition coefficient (Wildman–Crippen LogP) is 3.38. The Morgan fingerprint density at radius 1 is 1.14 bits per heavy atom. The Balaban J connectivity index is 2.38. The van der Waals surface area contributed by atoms with E-state index in [1.54, 1.807) is 36.4 Å². The van der Waals surface area contributed by atoms with Crippen molar-refractivity contribution in [3.05, 3.63) is 64.7 Å². The van der Waals surface area contributed by atoms with Gasteiger partial charge in [0.05, 0.1) is 0 Å². The van der Waals surface area contributed by atoms with E-state index >= 15 is 0 Å². The molecule has 0 unspecified atom stereocenters. The highest BCUT2D eigenvalue weighted by Crippen LogP contribution is 2.21. The van der Waals surface area contributed by atoms with Crippen molar-refractivity contribution in [1.82, 2.24) is 0 Å². The molecule has 2 aromatic carbocycles. The minimum absolute atomic E-state index is 0.375. The number of halogens is 1. The van der Waals surface area contributed by atoms with Crippen molar-refractivity contribution in [2.24, 2.45) is 0 Å². The number of carboxylic acids is 1. The number of carbonyl (C=O) groups excluding carboxylic acids is 1. The Labute approximate surface area is 127 Å². The molecule has 0 radical (unpaired) electrons. The number of amides is 1. The van der Waals surface area contributed by atoms with Crippen LogP contribution in [-0.2, 0) is 4.79 Å². The highest BCUT2D eigenvalue weighted by Gasteiger charge is 2.20. The lowest BCUT2D eigenvalue weighted by Crippen LogP contribution is -2.35. The number of hydrogen-bond acceptors (Lipinski definition) is 2. The highest BCUT2D eigenvalue weighted by molar-refractivity contribution is 6.31. The second-order valence-corrected chi connectivity index (χ2v) is 5.07. The number of carboxylic acid groups (broad SMARTS) is 1. The average Bonchev–Trinajstić information content (AvgIpc) is 2.44. The third-order valence-electron chi connectivity index (χ3n) is 2.96. The first-order chi connectivity index (χ1) is 9.97. The lowest BCUT2D eigenvalue weighted by molar-refractivity contribution is -0.135. The third kappa shape index (κ3) is 3.83. The van der Waals surface area contributed by atoms with Crippen molar-refractivity contribution in [2.45, 2.75) is 6.92 Å². The van der Waals surface area contributed by atoms with Gasteiger partial charge >= 0.3 is 5.97 Å². The molecule has 5 heteroatoms. The molecule has 2 rings (SSSR count). The van der Waals surface area contributed by atoms with E-state index < -0.39 is 12.5 Å². The van der Waals surface area contributed by atoms with Crippen molar-refractivity contribution in [1.29, 1.82) is 0 Å². The standard InChI is InChI=1S/C16H14ClNO3/c1-11-5-7-12(8-6-11)16(21)18(10-15(19)20)14-4-2-3-13(17)9-14/h2-9H,10H2,1H3,(H,19,20). The molecule has 0 aliphatic rings. The van der Waals surface area contributed by atoms with Crippen LogP contribution in [0.15, 0.2) is 48.5 Å². The van der Waals surface area contributed by atoms with Crippen molar-refractivity contribution < 1.29 is 14.7 Å². The molecule has 0 heterocycles. The van der Waals surface area contributed by atoms with E-state index in [1.165, 1.54) is 4.90 Å². The molecule has 108 valence electrons. The topological polar surface area (TPSA) is 57.6 Å². The molecule has 0 saturated carbocycles. The van der Waals surface area contributed by atoms with Gasteiger partial charge in [-0.2, -0.15) is 0 Å². The number of aryl methyl sites for hydroxylation is 1. The van der Waals surface area contributed by atoms with Gasteiger partial charge in [-0.3, -0.25) is 14.5 Å². The monoisotopic (exact) mass is 303 g/mol. The summed E-state index contributed by atoms with van der Waals surface area (Å²) in [7, 11) is 0. The number of aliphatic carboxylic acids is 1. The van der Waals surface area contributed by atoms with E-state index in [-0.39, 0.29) is 5.91 Å². The molecule has 1 amide bonds. The number of nitrogens with zero attached hydrogens (tertiary/aromatic N) is 1. The van der Waals surface area contributed by atoms with Gasteiger partial charge in [-0.15, -0.1) is 0 Å². The number of hydrogen-bond donors (Lipinski definition) is 1. The zero-order chi connectivity index (χ0) is 15.4. The first-order valence-corrected chi connectivity index (χ1v) is 6.71. The minimum atomic E-state index is -1.09. The molecule has 4 nitrogen and oxygen atoms in total. The van der Waals surface area contributed by atoms with E-state index in [0.29, 0.717) is 16.3 Å². The summed E-state index contributed by atoms with van der Waals surface area (Å²) in [5.74, 6) is -1.46. The summed E-state index contributed by atoms with van der Waals surface area (Å²) in [5.41, 5.74) is 1.91. The summed E-state index contributed by atoms with van der Waals surface area (Å²) < 4.78 is 0. The number of carbonyl (C=O) groups is 2. The van der Waals surface area contributed by atoms with Crippen LogP contribution in [0.1, 0.15) is 15.9 Å². The first kappa shape index (κ1) is 15.1. The molecular formula is C16H14ClNO3. The fourth-order valence-corrected chi connectivity index (χ4v) is 2.10. The summed E-state index contributed by atoms with van der Waals surface area (Å²) in [6.07, 6.45) is 0. The van der Waals surface area contributed by atoms with Gasteiger partial charge in [0.15, 0.2) is 0 Å². The second-order valence-electron chi connectivity index (χ2n) is 4.63. The Kier molecular flexibility index (Phi) is 4.60. The van der Waals surface area contributed by atoms with E-state index in [1.807, 2.05) is 19.1 Å². The van der Waals surface area contributed by atoms with Crippen LogP contribution in [0.25, 0.3) is 0 Å². The number of benzene rings is 2. The van der Waals surface area contributed by atoms with Crippen LogP contribution in [0.2, 0.25) is 5.02 Å². The molecule has 0 fully saturated rings. The van der Waals surface area contributed by atoms with Crippen LogP contribution in [0.4, 0.5) is 5.69 Å². The van der Waals surface area contributed by atoms with Gasteiger partial charge in [0.25, 0.3) is 5.91 Å². The minimum Gasteiger partial charge on any atom is -0.480 e. The molecule has 0 saturated heterocycles. The van der Waals surface area contributed by atoms with Crippen LogP contribution in [0, 0.1) is 6.92 Å². The van der Waals surface area contributed by atoms with Crippen LogP contribution < -0.4 is 4.90 Å². The quantitative estimate of drug-likeness (QED) is 0.942. The maximum Gasteiger partial charge on any atom is 0.323 e. The second kappa shape index (κ2) is 6.41. The van der Waals surface area contributed by atoms with Gasteiger partial charge < -0.3 is 5.11 Å². The van der Waals surface area contributed by atoms with Crippen LogP contribution in [-0.4, -0.2) is 23.5 Å². The largest absolute Gasteiger partial charge is 0.480 e. The molecule has 0 spiro atoms. The van der Waals surface area contributed by atoms with Crippen LogP contribution in [0.3, 0.4) is 0 Å². The summed E-state index contributed by atoms with van der Waals surface area (Å²) in [4.78, 5) is 24.7. The molecule has 0 aliphatic heterocycles.